The smallest absolute Gasteiger partial charge is 0.332 e. The maximum Gasteiger partial charge on any atom is 0.332 e. The van der Waals surface area contributed by atoms with Crippen LogP contribution in [-0.4, -0.2) is 11.8 Å². The van der Waals surface area contributed by atoms with Gasteiger partial charge in [-0.1, -0.05) is 149 Å². The molecule has 1 unspecified atom stereocenters. The van der Waals surface area contributed by atoms with Crippen molar-refractivity contribution in [1.29, 1.82) is 0 Å². The van der Waals surface area contributed by atoms with E-state index in [9.17, 15) is 4.79 Å². The Labute approximate surface area is 206 Å². The lowest BCUT2D eigenvalue weighted by atomic mass is 9.99. The van der Waals surface area contributed by atoms with Gasteiger partial charge in [-0.2, -0.15) is 4.39 Å². The summed E-state index contributed by atoms with van der Waals surface area (Å²) in [6.07, 6.45) is 29.0. The van der Waals surface area contributed by atoms with Crippen LogP contribution in [0.15, 0.2) is 12.7 Å². The Morgan fingerprint density at radius 2 is 0.879 bits per heavy atom. The highest BCUT2D eigenvalue weighted by molar-refractivity contribution is 5.81. The third-order valence-corrected chi connectivity index (χ3v) is 6.76. The van der Waals surface area contributed by atoms with E-state index in [1.807, 2.05) is 0 Å². The minimum absolute atomic E-state index is 0.318. The second-order valence-electron chi connectivity index (χ2n) is 10.1. The van der Waals surface area contributed by atoms with Crippen molar-refractivity contribution >= 4 is 5.97 Å². The molecule has 0 N–H and O–H groups in total. The van der Waals surface area contributed by atoms with Crippen LogP contribution in [0.4, 0.5) is 4.39 Å². The van der Waals surface area contributed by atoms with Gasteiger partial charge in [0.15, 0.2) is 0 Å². The summed E-state index contributed by atoms with van der Waals surface area (Å²) in [7, 11) is 0. The minimum Gasteiger partial charge on any atom is -0.425 e. The molecule has 0 aromatic carbocycles. The molecule has 3 heteroatoms. The molecule has 0 fully saturated rings. The van der Waals surface area contributed by atoms with Crippen molar-refractivity contribution in [2.45, 2.75) is 174 Å². The normalized spacial score (nSPS) is 13.1. The predicted octanol–water partition coefficient (Wildman–Crippen LogP) is 10.8. The van der Waals surface area contributed by atoms with Crippen LogP contribution in [0.1, 0.15) is 168 Å². The van der Waals surface area contributed by atoms with Crippen LogP contribution in [0.2, 0.25) is 0 Å². The number of alkyl halides is 1. The fourth-order valence-corrected chi connectivity index (χ4v) is 4.56. The fraction of sp³-hybridized carbons (Fsp3) is 0.900. The highest BCUT2D eigenvalue weighted by atomic mass is 19.2. The number of carbonyl (C=O) groups excluding carboxylic acids is 1. The lowest BCUT2D eigenvalue weighted by Crippen LogP contribution is -2.29. The quantitative estimate of drug-likeness (QED) is 0.0716. The Balaban J connectivity index is 3.75. The summed E-state index contributed by atoms with van der Waals surface area (Å²) >= 11 is 0. The molecule has 0 saturated heterocycles. The van der Waals surface area contributed by atoms with Crippen LogP contribution in [0.3, 0.4) is 0 Å². The molecule has 0 aliphatic carbocycles. The number of hydrogen-bond acceptors (Lipinski definition) is 2. The van der Waals surface area contributed by atoms with E-state index in [-0.39, 0.29) is 0 Å². The van der Waals surface area contributed by atoms with Crippen molar-refractivity contribution in [3.8, 4) is 0 Å². The molecule has 0 saturated carbocycles. The van der Waals surface area contributed by atoms with Crippen LogP contribution >= 0.6 is 0 Å². The molecule has 0 aromatic heterocycles. The van der Waals surface area contributed by atoms with Gasteiger partial charge in [-0.05, 0) is 12.8 Å². The van der Waals surface area contributed by atoms with Crippen LogP contribution in [0.5, 0.6) is 0 Å². The van der Waals surface area contributed by atoms with Gasteiger partial charge < -0.3 is 4.74 Å². The van der Waals surface area contributed by atoms with E-state index in [2.05, 4.69) is 20.4 Å². The molecule has 0 radical (unpaired) electrons. The summed E-state index contributed by atoms with van der Waals surface area (Å²) in [5.74, 6) is -2.45. The van der Waals surface area contributed by atoms with Crippen LogP contribution in [0.25, 0.3) is 0 Å². The largest absolute Gasteiger partial charge is 0.425 e. The molecular weight excluding hydrogens is 411 g/mol. The maximum absolute atomic E-state index is 15.2. The van der Waals surface area contributed by atoms with Gasteiger partial charge >= 0.3 is 5.97 Å². The van der Waals surface area contributed by atoms with Crippen molar-refractivity contribution in [2.75, 3.05) is 0 Å². The third-order valence-electron chi connectivity index (χ3n) is 6.76. The Hall–Kier alpha value is -0.860. The third kappa shape index (κ3) is 22.7. The fourth-order valence-electron chi connectivity index (χ4n) is 4.56. The summed E-state index contributed by atoms with van der Waals surface area (Å²) in [6.45, 7) is 7.90. The van der Waals surface area contributed by atoms with Crippen molar-refractivity contribution in [1.82, 2.24) is 0 Å². The zero-order chi connectivity index (χ0) is 24.5. The summed E-state index contributed by atoms with van der Waals surface area (Å²) in [5.41, 5.74) is 0. The van der Waals surface area contributed by atoms with Gasteiger partial charge in [-0.3, -0.25) is 0 Å². The summed E-state index contributed by atoms with van der Waals surface area (Å²) < 4.78 is 20.4. The zero-order valence-corrected chi connectivity index (χ0v) is 22.4. The van der Waals surface area contributed by atoms with Crippen molar-refractivity contribution in [3.63, 3.8) is 0 Å². The van der Waals surface area contributed by atoms with Gasteiger partial charge in [-0.15, -0.1) is 0 Å². The van der Waals surface area contributed by atoms with E-state index in [1.165, 1.54) is 103 Å². The first-order valence-corrected chi connectivity index (χ1v) is 14.6. The number of rotatable bonds is 26. The molecule has 0 aliphatic rings. The van der Waals surface area contributed by atoms with E-state index in [1.54, 1.807) is 0 Å². The molecule has 1 atom stereocenters. The SMILES string of the molecule is C=CC(=O)OC(F)(CCCCCCCCC)CCCCCCCCCCCCCCCCC. The van der Waals surface area contributed by atoms with Gasteiger partial charge in [0, 0.05) is 18.9 Å². The van der Waals surface area contributed by atoms with E-state index >= 15 is 4.39 Å². The number of unbranched alkanes of at least 4 members (excludes halogenated alkanes) is 20. The molecule has 0 amide bonds. The lowest BCUT2D eigenvalue weighted by Gasteiger charge is -2.25. The molecule has 0 heterocycles. The number of carbonyl (C=O) groups is 1. The predicted molar refractivity (Wildman–Crippen MR) is 142 cm³/mol. The second kappa shape index (κ2) is 24.3. The first-order valence-electron chi connectivity index (χ1n) is 14.6. The first-order chi connectivity index (χ1) is 16.1. The lowest BCUT2D eigenvalue weighted by molar-refractivity contribution is -0.180. The van der Waals surface area contributed by atoms with Crippen LogP contribution in [0, 0.1) is 0 Å². The van der Waals surface area contributed by atoms with Crippen LogP contribution in [-0.2, 0) is 9.53 Å². The monoisotopic (exact) mass is 468 g/mol. The highest BCUT2D eigenvalue weighted by Gasteiger charge is 2.32. The summed E-state index contributed by atoms with van der Waals surface area (Å²) in [6, 6.07) is 0. The van der Waals surface area contributed by atoms with Crippen molar-refractivity contribution in [3.05, 3.63) is 12.7 Å². The molecule has 33 heavy (non-hydrogen) atoms. The van der Waals surface area contributed by atoms with Gasteiger partial charge in [-0.25, -0.2) is 4.79 Å². The summed E-state index contributed by atoms with van der Waals surface area (Å²) in [5, 5.41) is 0. The number of halogens is 1. The number of hydrogen-bond donors (Lipinski definition) is 0. The van der Waals surface area contributed by atoms with Gasteiger partial charge in [0.25, 0.3) is 5.85 Å². The topological polar surface area (TPSA) is 26.3 Å². The Morgan fingerprint density at radius 3 is 1.15 bits per heavy atom. The summed E-state index contributed by atoms with van der Waals surface area (Å²) in [4.78, 5) is 11.6. The second-order valence-corrected chi connectivity index (χ2v) is 10.1. The molecule has 0 bridgehead atoms. The van der Waals surface area contributed by atoms with Crippen LogP contribution < -0.4 is 0 Å². The van der Waals surface area contributed by atoms with Crippen molar-refractivity contribution in [2.24, 2.45) is 0 Å². The average molecular weight is 469 g/mol. The van der Waals surface area contributed by atoms with Gasteiger partial charge in [0.2, 0.25) is 0 Å². The molecule has 196 valence electrons. The first kappa shape index (κ1) is 32.1. The van der Waals surface area contributed by atoms with E-state index in [0.29, 0.717) is 12.8 Å². The minimum atomic E-state index is -1.81. The Morgan fingerprint density at radius 1 is 0.606 bits per heavy atom. The van der Waals surface area contributed by atoms with Gasteiger partial charge in [0.1, 0.15) is 0 Å². The standard InChI is InChI=1S/C30H57FO2/c1-4-7-9-11-13-14-15-16-17-18-19-20-22-24-26-28-30(31,33-29(32)6-3)27-25-23-21-12-10-8-5-2/h6H,3-5,7-28H2,1-2H3. The molecule has 0 spiro atoms. The Kier molecular flexibility index (Phi) is 23.6. The number of ether oxygens (including phenoxy) is 1. The van der Waals surface area contributed by atoms with E-state index < -0.39 is 11.8 Å². The van der Waals surface area contributed by atoms with E-state index in [4.69, 9.17) is 4.74 Å². The highest BCUT2D eigenvalue weighted by Crippen LogP contribution is 2.29. The Bertz CT molecular complexity index is 437. The van der Waals surface area contributed by atoms with Gasteiger partial charge in [0.05, 0.1) is 0 Å². The van der Waals surface area contributed by atoms with Crippen molar-refractivity contribution < 1.29 is 13.9 Å². The average Bonchev–Trinajstić information content (AvgIpc) is 2.81. The number of esters is 1. The molecular formula is C30H57FO2. The zero-order valence-electron chi connectivity index (χ0n) is 22.4. The molecule has 2 nitrogen and oxygen atoms in total. The molecule has 0 aliphatic heterocycles. The maximum atomic E-state index is 15.2. The molecule has 0 aromatic rings. The van der Waals surface area contributed by atoms with E-state index in [0.717, 1.165) is 44.6 Å². The molecule has 0 rings (SSSR count).